The maximum Gasteiger partial charge on any atom is 0.0896 e. The zero-order valence-electron chi connectivity index (χ0n) is 9.49. The molecule has 2 N–H and O–H groups in total. The molecule has 18 heavy (non-hydrogen) atoms. The van der Waals surface area contributed by atoms with Gasteiger partial charge < -0.3 is 5.73 Å². The standard InChI is InChI=1S/C13H11ClN4/c14-10-3-1-9(2-4-10)13(15)11-7-17-18-6-5-16-8-12(11)18/h1-8,13H,15H2. The summed E-state index contributed by atoms with van der Waals surface area (Å²) in [5, 5.41) is 4.95. The van der Waals surface area contributed by atoms with Gasteiger partial charge >= 0.3 is 0 Å². The first-order valence-corrected chi connectivity index (χ1v) is 5.92. The van der Waals surface area contributed by atoms with Crippen molar-refractivity contribution < 1.29 is 0 Å². The third-order valence-electron chi connectivity index (χ3n) is 2.92. The minimum absolute atomic E-state index is 0.232. The lowest BCUT2D eigenvalue weighted by atomic mass is 10.0. The molecule has 4 nitrogen and oxygen atoms in total. The number of benzene rings is 1. The van der Waals surface area contributed by atoms with Crippen LogP contribution in [-0.2, 0) is 0 Å². The van der Waals surface area contributed by atoms with E-state index in [0.717, 1.165) is 16.6 Å². The number of fused-ring (bicyclic) bond motifs is 1. The van der Waals surface area contributed by atoms with E-state index in [1.165, 1.54) is 0 Å². The fraction of sp³-hybridized carbons (Fsp3) is 0.0769. The van der Waals surface area contributed by atoms with E-state index in [9.17, 15) is 0 Å². The highest BCUT2D eigenvalue weighted by Crippen LogP contribution is 2.24. The van der Waals surface area contributed by atoms with Crippen molar-refractivity contribution in [1.82, 2.24) is 14.6 Å². The summed E-state index contributed by atoms with van der Waals surface area (Å²) in [6.07, 6.45) is 7.03. The van der Waals surface area contributed by atoms with Crippen LogP contribution in [0.3, 0.4) is 0 Å². The quantitative estimate of drug-likeness (QED) is 0.768. The Labute approximate surface area is 109 Å². The van der Waals surface area contributed by atoms with Crippen molar-refractivity contribution in [1.29, 1.82) is 0 Å². The van der Waals surface area contributed by atoms with Crippen LogP contribution in [0.15, 0.2) is 49.1 Å². The average molecular weight is 259 g/mol. The molecule has 1 aromatic carbocycles. The smallest absolute Gasteiger partial charge is 0.0896 e. The van der Waals surface area contributed by atoms with Crippen molar-refractivity contribution in [3.8, 4) is 0 Å². The molecule has 0 amide bonds. The third-order valence-corrected chi connectivity index (χ3v) is 3.17. The highest BCUT2D eigenvalue weighted by molar-refractivity contribution is 6.30. The van der Waals surface area contributed by atoms with Crippen LogP contribution in [0.5, 0.6) is 0 Å². The third kappa shape index (κ3) is 1.85. The van der Waals surface area contributed by atoms with Crippen LogP contribution < -0.4 is 5.73 Å². The molecule has 1 unspecified atom stereocenters. The lowest BCUT2D eigenvalue weighted by molar-refractivity contribution is 0.879. The van der Waals surface area contributed by atoms with Crippen LogP contribution in [0.1, 0.15) is 17.2 Å². The Morgan fingerprint density at radius 1 is 1.17 bits per heavy atom. The van der Waals surface area contributed by atoms with Gasteiger partial charge in [0.25, 0.3) is 0 Å². The monoisotopic (exact) mass is 258 g/mol. The minimum atomic E-state index is -0.232. The molecule has 0 fully saturated rings. The molecule has 90 valence electrons. The number of hydrogen-bond donors (Lipinski definition) is 1. The lowest BCUT2D eigenvalue weighted by Crippen LogP contribution is -2.11. The number of hydrogen-bond acceptors (Lipinski definition) is 3. The Balaban J connectivity index is 2.06. The number of halogens is 1. The highest BCUT2D eigenvalue weighted by Gasteiger charge is 2.14. The first kappa shape index (κ1) is 11.2. The van der Waals surface area contributed by atoms with Crippen molar-refractivity contribution in [3.63, 3.8) is 0 Å². The van der Waals surface area contributed by atoms with Crippen LogP contribution in [0, 0.1) is 0 Å². The van der Waals surface area contributed by atoms with E-state index >= 15 is 0 Å². The molecule has 0 aliphatic carbocycles. The molecule has 3 rings (SSSR count). The van der Waals surface area contributed by atoms with Crippen LogP contribution in [0.4, 0.5) is 0 Å². The van der Waals surface area contributed by atoms with Crippen molar-refractivity contribution in [2.75, 3.05) is 0 Å². The maximum atomic E-state index is 6.25. The van der Waals surface area contributed by atoms with Gasteiger partial charge in [-0.15, -0.1) is 0 Å². The Bertz CT molecular complexity index is 675. The summed E-state index contributed by atoms with van der Waals surface area (Å²) in [4.78, 5) is 4.10. The van der Waals surface area contributed by atoms with E-state index < -0.39 is 0 Å². The van der Waals surface area contributed by atoms with Crippen molar-refractivity contribution in [2.24, 2.45) is 5.73 Å². The molecule has 0 aliphatic rings. The molecule has 0 saturated carbocycles. The van der Waals surface area contributed by atoms with Crippen LogP contribution in [-0.4, -0.2) is 14.6 Å². The van der Waals surface area contributed by atoms with Gasteiger partial charge in [-0.3, -0.25) is 4.98 Å². The number of nitrogens with zero attached hydrogens (tertiary/aromatic N) is 3. The SMILES string of the molecule is NC(c1ccc(Cl)cc1)c1cnn2ccncc12. The normalized spacial score (nSPS) is 12.8. The number of aromatic nitrogens is 3. The summed E-state index contributed by atoms with van der Waals surface area (Å²) in [5.41, 5.74) is 9.12. The van der Waals surface area contributed by atoms with Crippen molar-refractivity contribution in [3.05, 3.63) is 65.2 Å². The first-order valence-electron chi connectivity index (χ1n) is 5.54. The Kier molecular flexibility index (Phi) is 2.74. The van der Waals surface area contributed by atoms with Gasteiger partial charge in [-0.1, -0.05) is 23.7 Å². The largest absolute Gasteiger partial charge is 0.320 e. The van der Waals surface area contributed by atoms with E-state index in [1.807, 2.05) is 24.3 Å². The molecule has 0 spiro atoms. The molecule has 2 heterocycles. The van der Waals surface area contributed by atoms with Gasteiger partial charge in [0.1, 0.15) is 0 Å². The van der Waals surface area contributed by atoms with E-state index in [1.54, 1.807) is 29.3 Å². The summed E-state index contributed by atoms with van der Waals surface area (Å²) in [6.45, 7) is 0. The number of nitrogens with two attached hydrogens (primary N) is 1. The summed E-state index contributed by atoms with van der Waals surface area (Å²) >= 11 is 5.87. The maximum absolute atomic E-state index is 6.25. The Hall–Kier alpha value is -1.91. The van der Waals surface area contributed by atoms with Crippen LogP contribution in [0.25, 0.3) is 5.52 Å². The lowest BCUT2D eigenvalue weighted by Gasteiger charge is -2.10. The summed E-state index contributed by atoms with van der Waals surface area (Å²) in [6, 6.07) is 7.28. The molecule has 0 saturated heterocycles. The molecular weight excluding hydrogens is 248 g/mol. The first-order chi connectivity index (χ1) is 8.75. The molecule has 3 aromatic rings. The van der Waals surface area contributed by atoms with E-state index in [0.29, 0.717) is 5.02 Å². The van der Waals surface area contributed by atoms with E-state index in [4.69, 9.17) is 17.3 Å². The molecule has 0 radical (unpaired) electrons. The summed E-state index contributed by atoms with van der Waals surface area (Å²) in [7, 11) is 0. The number of rotatable bonds is 2. The van der Waals surface area contributed by atoms with Crippen LogP contribution >= 0.6 is 11.6 Å². The van der Waals surface area contributed by atoms with Crippen molar-refractivity contribution >= 4 is 17.1 Å². The van der Waals surface area contributed by atoms with Gasteiger partial charge in [0.2, 0.25) is 0 Å². The average Bonchev–Trinajstić information content (AvgIpc) is 2.82. The topological polar surface area (TPSA) is 56.2 Å². The predicted molar refractivity (Wildman–Crippen MR) is 70.5 cm³/mol. The van der Waals surface area contributed by atoms with E-state index in [-0.39, 0.29) is 6.04 Å². The second kappa shape index (κ2) is 4.40. The molecule has 1 atom stereocenters. The van der Waals surface area contributed by atoms with Gasteiger partial charge in [0, 0.05) is 23.0 Å². The zero-order valence-corrected chi connectivity index (χ0v) is 10.2. The van der Waals surface area contributed by atoms with Crippen molar-refractivity contribution in [2.45, 2.75) is 6.04 Å². The van der Waals surface area contributed by atoms with E-state index in [2.05, 4.69) is 10.1 Å². The fourth-order valence-corrected chi connectivity index (χ4v) is 2.07. The minimum Gasteiger partial charge on any atom is -0.320 e. The predicted octanol–water partition coefficient (Wildman–Crippen LogP) is 2.43. The molecule has 0 aliphatic heterocycles. The summed E-state index contributed by atoms with van der Waals surface area (Å²) in [5.74, 6) is 0. The van der Waals surface area contributed by atoms with Crippen LogP contribution in [0.2, 0.25) is 5.02 Å². The van der Waals surface area contributed by atoms with Gasteiger partial charge in [-0.05, 0) is 17.7 Å². The second-order valence-corrected chi connectivity index (χ2v) is 4.47. The molecular formula is C13H11ClN4. The van der Waals surface area contributed by atoms with Gasteiger partial charge in [-0.2, -0.15) is 5.10 Å². The molecule has 5 heteroatoms. The fourth-order valence-electron chi connectivity index (χ4n) is 1.94. The Morgan fingerprint density at radius 2 is 1.94 bits per heavy atom. The van der Waals surface area contributed by atoms with Gasteiger partial charge in [-0.25, -0.2) is 4.52 Å². The summed E-state index contributed by atoms with van der Waals surface area (Å²) < 4.78 is 1.76. The zero-order chi connectivity index (χ0) is 12.5. The van der Waals surface area contributed by atoms with Gasteiger partial charge in [0.15, 0.2) is 0 Å². The second-order valence-electron chi connectivity index (χ2n) is 4.04. The molecule has 2 aromatic heterocycles. The molecule has 0 bridgehead atoms. The highest BCUT2D eigenvalue weighted by atomic mass is 35.5. The Morgan fingerprint density at radius 3 is 2.72 bits per heavy atom. The van der Waals surface area contributed by atoms with Gasteiger partial charge in [0.05, 0.1) is 24.0 Å².